The van der Waals surface area contributed by atoms with Crippen LogP contribution in [0.1, 0.15) is 44.9 Å². The molecule has 0 aliphatic carbocycles. The van der Waals surface area contributed by atoms with Crippen molar-refractivity contribution in [1.29, 1.82) is 0 Å². The van der Waals surface area contributed by atoms with Gasteiger partial charge in [0.05, 0.1) is 5.41 Å². The highest BCUT2D eigenvalue weighted by Gasteiger charge is 2.31. The first-order chi connectivity index (χ1) is 9.53. The average Bonchev–Trinajstić information content (AvgIpc) is 2.47. The van der Waals surface area contributed by atoms with E-state index in [1.807, 2.05) is 0 Å². The van der Waals surface area contributed by atoms with Gasteiger partial charge in [0.1, 0.15) is 7.05 Å². The lowest BCUT2D eigenvalue weighted by molar-refractivity contribution is -0.672. The van der Waals surface area contributed by atoms with Crippen molar-refractivity contribution in [2.24, 2.45) is 7.05 Å². The molecule has 0 atom stereocenters. The van der Waals surface area contributed by atoms with E-state index in [0.29, 0.717) is 0 Å². The van der Waals surface area contributed by atoms with E-state index in [1.165, 1.54) is 22.5 Å². The topological polar surface area (TPSA) is 3.88 Å². The molecule has 0 radical (unpaired) electrons. The molecule has 0 aliphatic heterocycles. The zero-order chi connectivity index (χ0) is 14.8. The first kappa shape index (κ1) is 14.8. The predicted molar refractivity (Wildman–Crippen MR) is 85.7 cm³/mol. The lowest BCUT2D eigenvalue weighted by Gasteiger charge is -2.24. The van der Waals surface area contributed by atoms with Crippen molar-refractivity contribution in [3.05, 3.63) is 53.7 Å². The molecule has 1 aromatic heterocycles. The van der Waals surface area contributed by atoms with Crippen LogP contribution in [0.4, 0.5) is 0 Å². The highest BCUT2D eigenvalue weighted by molar-refractivity contribution is 5.60. The summed E-state index contributed by atoms with van der Waals surface area (Å²) >= 11 is 0. The molecule has 2 rings (SSSR count). The van der Waals surface area contributed by atoms with E-state index in [9.17, 15) is 0 Å². The Bertz CT molecular complexity index is 594. The quantitative estimate of drug-likeness (QED) is 0.715. The van der Waals surface area contributed by atoms with E-state index < -0.39 is 0 Å². The van der Waals surface area contributed by atoms with Crippen molar-refractivity contribution in [1.82, 2.24) is 0 Å². The molecule has 2 aromatic rings. The van der Waals surface area contributed by atoms with Crippen LogP contribution in [0.5, 0.6) is 0 Å². The van der Waals surface area contributed by atoms with Gasteiger partial charge in [-0.1, -0.05) is 32.0 Å². The Kier molecular flexibility index (Phi) is 4.27. The number of benzene rings is 1. The van der Waals surface area contributed by atoms with Gasteiger partial charge in [-0.3, -0.25) is 0 Å². The summed E-state index contributed by atoms with van der Waals surface area (Å²) in [6.45, 7) is 9.11. The summed E-state index contributed by atoms with van der Waals surface area (Å²) in [5.74, 6) is 0. The molecule has 0 saturated heterocycles. The molecule has 0 saturated carbocycles. The van der Waals surface area contributed by atoms with Gasteiger partial charge in [0, 0.05) is 17.7 Å². The molecule has 1 heterocycles. The Morgan fingerprint density at radius 2 is 1.60 bits per heavy atom. The number of aryl methyl sites for hydroxylation is 1. The molecule has 106 valence electrons. The summed E-state index contributed by atoms with van der Waals surface area (Å²) in [6.07, 6.45) is 2.32. The smallest absolute Gasteiger partial charge is 0.198 e. The molecule has 0 N–H and O–H groups in total. The fourth-order valence-electron chi connectivity index (χ4n) is 2.93. The van der Waals surface area contributed by atoms with E-state index in [2.05, 4.69) is 81.8 Å². The minimum atomic E-state index is 0.243. The molecule has 0 aliphatic rings. The second-order valence-corrected chi connectivity index (χ2v) is 5.94. The van der Waals surface area contributed by atoms with Gasteiger partial charge in [0.15, 0.2) is 5.69 Å². The van der Waals surface area contributed by atoms with Crippen LogP contribution in [0.2, 0.25) is 0 Å². The fourth-order valence-corrected chi connectivity index (χ4v) is 2.93. The lowest BCUT2D eigenvalue weighted by Crippen LogP contribution is -2.43. The second-order valence-electron chi connectivity index (χ2n) is 5.94. The maximum absolute atomic E-state index is 2.37. The van der Waals surface area contributed by atoms with Crippen molar-refractivity contribution in [2.75, 3.05) is 0 Å². The Morgan fingerprint density at radius 1 is 0.950 bits per heavy atom. The van der Waals surface area contributed by atoms with Gasteiger partial charge < -0.3 is 0 Å². The average molecular weight is 268 g/mol. The Morgan fingerprint density at radius 3 is 2.20 bits per heavy atom. The van der Waals surface area contributed by atoms with Gasteiger partial charge in [0.25, 0.3) is 0 Å². The monoisotopic (exact) mass is 268 g/mol. The Hall–Kier alpha value is -1.63. The van der Waals surface area contributed by atoms with Crippen molar-refractivity contribution >= 4 is 0 Å². The van der Waals surface area contributed by atoms with Gasteiger partial charge in [-0.25, -0.2) is 0 Å². The van der Waals surface area contributed by atoms with Gasteiger partial charge >= 0.3 is 0 Å². The molecular formula is C19H26N+. The van der Waals surface area contributed by atoms with E-state index in [4.69, 9.17) is 0 Å². The first-order valence-corrected chi connectivity index (χ1v) is 7.59. The minimum absolute atomic E-state index is 0.243. The standard InChI is InChI=1S/C19H26N/c1-6-19(4,7-2)18-14-10-13-17(20(18)5)16-12-9-8-11-15(16)3/h8-14H,6-7H2,1-5H3/q+1. The Labute approximate surface area is 123 Å². The molecule has 0 bridgehead atoms. The fraction of sp³-hybridized carbons (Fsp3) is 0.421. The number of rotatable bonds is 4. The summed E-state index contributed by atoms with van der Waals surface area (Å²) in [5, 5.41) is 0. The van der Waals surface area contributed by atoms with E-state index >= 15 is 0 Å². The number of hydrogen-bond donors (Lipinski definition) is 0. The number of hydrogen-bond acceptors (Lipinski definition) is 0. The highest BCUT2D eigenvalue weighted by Crippen LogP contribution is 2.30. The van der Waals surface area contributed by atoms with Crippen LogP contribution in [0.25, 0.3) is 11.3 Å². The summed E-state index contributed by atoms with van der Waals surface area (Å²) in [7, 11) is 2.20. The largest absolute Gasteiger partial charge is 0.212 e. The van der Waals surface area contributed by atoms with E-state index in [1.54, 1.807) is 0 Å². The third kappa shape index (κ3) is 2.49. The summed E-state index contributed by atoms with van der Waals surface area (Å²) < 4.78 is 2.37. The first-order valence-electron chi connectivity index (χ1n) is 7.59. The van der Waals surface area contributed by atoms with Crippen LogP contribution in [0, 0.1) is 6.92 Å². The van der Waals surface area contributed by atoms with Crippen LogP contribution >= 0.6 is 0 Å². The molecule has 0 amide bonds. The summed E-state index contributed by atoms with van der Waals surface area (Å²) in [6, 6.07) is 15.3. The molecule has 0 unspecified atom stereocenters. The molecular weight excluding hydrogens is 242 g/mol. The number of pyridine rings is 1. The maximum atomic E-state index is 2.37. The Balaban J connectivity index is 2.62. The second kappa shape index (κ2) is 5.78. The summed E-state index contributed by atoms with van der Waals surface area (Å²) in [4.78, 5) is 0. The lowest BCUT2D eigenvalue weighted by atomic mass is 9.80. The highest BCUT2D eigenvalue weighted by atomic mass is 15.0. The molecule has 1 aromatic carbocycles. The third-order valence-corrected chi connectivity index (χ3v) is 4.83. The van der Waals surface area contributed by atoms with Crippen LogP contribution in [0.15, 0.2) is 42.5 Å². The van der Waals surface area contributed by atoms with Crippen molar-refractivity contribution in [3.8, 4) is 11.3 Å². The van der Waals surface area contributed by atoms with Crippen LogP contribution in [-0.4, -0.2) is 0 Å². The number of nitrogens with zero attached hydrogens (tertiary/aromatic N) is 1. The molecule has 0 spiro atoms. The predicted octanol–water partition coefficient (Wildman–Crippen LogP) is 4.56. The van der Waals surface area contributed by atoms with E-state index in [0.717, 1.165) is 12.8 Å². The van der Waals surface area contributed by atoms with Gasteiger partial charge in [0.2, 0.25) is 5.69 Å². The van der Waals surface area contributed by atoms with Crippen molar-refractivity contribution in [3.63, 3.8) is 0 Å². The zero-order valence-corrected chi connectivity index (χ0v) is 13.4. The van der Waals surface area contributed by atoms with Crippen LogP contribution in [-0.2, 0) is 12.5 Å². The van der Waals surface area contributed by atoms with Crippen molar-refractivity contribution < 1.29 is 4.57 Å². The van der Waals surface area contributed by atoms with Gasteiger partial charge in [-0.2, -0.15) is 4.57 Å². The normalized spacial score (nSPS) is 11.7. The van der Waals surface area contributed by atoms with Gasteiger partial charge in [-0.05, 0) is 44.4 Å². The van der Waals surface area contributed by atoms with E-state index in [-0.39, 0.29) is 5.41 Å². The van der Waals surface area contributed by atoms with Crippen molar-refractivity contribution in [2.45, 2.75) is 46.0 Å². The van der Waals surface area contributed by atoms with Crippen LogP contribution < -0.4 is 4.57 Å². The third-order valence-electron chi connectivity index (χ3n) is 4.83. The zero-order valence-electron chi connectivity index (χ0n) is 13.4. The van der Waals surface area contributed by atoms with Gasteiger partial charge in [-0.15, -0.1) is 0 Å². The SMILES string of the molecule is CCC(C)(CC)c1cccc(-c2ccccc2C)[n+]1C. The minimum Gasteiger partial charge on any atom is -0.198 e. The van der Waals surface area contributed by atoms with Crippen LogP contribution in [0.3, 0.4) is 0 Å². The maximum Gasteiger partial charge on any atom is 0.212 e. The molecule has 0 fully saturated rings. The number of aromatic nitrogens is 1. The molecule has 1 nitrogen and oxygen atoms in total. The summed E-state index contributed by atoms with van der Waals surface area (Å²) in [5.41, 5.74) is 5.62. The molecule has 1 heteroatoms. The molecule has 20 heavy (non-hydrogen) atoms.